The zero-order valence-corrected chi connectivity index (χ0v) is 13.4. The van der Waals surface area contributed by atoms with E-state index in [0.717, 1.165) is 27.2 Å². The Balaban J connectivity index is 2.14. The third-order valence-electron chi connectivity index (χ3n) is 2.97. The molecule has 4 heteroatoms. The van der Waals surface area contributed by atoms with Crippen LogP contribution in [0.4, 0.5) is 5.69 Å². The summed E-state index contributed by atoms with van der Waals surface area (Å²) in [4.78, 5) is 0. The summed E-state index contributed by atoms with van der Waals surface area (Å²) < 4.78 is 6.14. The fourth-order valence-corrected chi connectivity index (χ4v) is 2.27. The normalized spacial score (nSPS) is 11.3. The maximum absolute atomic E-state index is 5.22. The summed E-state index contributed by atoms with van der Waals surface area (Å²) in [7, 11) is 1.65. The topological polar surface area (TPSA) is 33.6 Å². The number of methoxy groups -OCH3 is 1. The SMILES string of the molecule is COc1ccc(/C(C)=N\Nc2ccc(C)cc2)cc1Br. The van der Waals surface area contributed by atoms with E-state index in [1.807, 2.05) is 37.3 Å². The molecule has 0 aliphatic carbocycles. The van der Waals surface area contributed by atoms with Crippen molar-refractivity contribution in [2.24, 2.45) is 5.10 Å². The summed E-state index contributed by atoms with van der Waals surface area (Å²) in [5.74, 6) is 0.813. The van der Waals surface area contributed by atoms with Gasteiger partial charge in [0.05, 0.1) is 23.0 Å². The zero-order valence-electron chi connectivity index (χ0n) is 11.8. The van der Waals surface area contributed by atoms with E-state index in [1.165, 1.54) is 5.56 Å². The smallest absolute Gasteiger partial charge is 0.133 e. The van der Waals surface area contributed by atoms with Crippen LogP contribution in [0.1, 0.15) is 18.1 Å². The van der Waals surface area contributed by atoms with Gasteiger partial charge >= 0.3 is 0 Å². The number of benzene rings is 2. The number of ether oxygens (including phenoxy) is 1. The molecule has 20 heavy (non-hydrogen) atoms. The fourth-order valence-electron chi connectivity index (χ4n) is 1.73. The molecule has 104 valence electrons. The first-order valence-electron chi connectivity index (χ1n) is 6.31. The summed E-state index contributed by atoms with van der Waals surface area (Å²) in [5, 5.41) is 4.40. The van der Waals surface area contributed by atoms with Gasteiger partial charge in [0.15, 0.2) is 0 Å². The van der Waals surface area contributed by atoms with Crippen LogP contribution in [0.15, 0.2) is 52.0 Å². The van der Waals surface area contributed by atoms with Crippen LogP contribution in [0, 0.1) is 6.92 Å². The largest absolute Gasteiger partial charge is 0.496 e. The highest BCUT2D eigenvalue weighted by molar-refractivity contribution is 9.10. The second-order valence-corrected chi connectivity index (χ2v) is 5.38. The molecule has 3 nitrogen and oxygen atoms in total. The van der Waals surface area contributed by atoms with Crippen LogP contribution in [-0.2, 0) is 0 Å². The highest BCUT2D eigenvalue weighted by Gasteiger charge is 2.03. The minimum absolute atomic E-state index is 0.813. The Hall–Kier alpha value is -1.81. The van der Waals surface area contributed by atoms with Crippen LogP contribution in [0.3, 0.4) is 0 Å². The number of hydrogen-bond acceptors (Lipinski definition) is 3. The highest BCUT2D eigenvalue weighted by Crippen LogP contribution is 2.25. The van der Waals surface area contributed by atoms with E-state index in [0.29, 0.717) is 0 Å². The third-order valence-corrected chi connectivity index (χ3v) is 3.59. The van der Waals surface area contributed by atoms with Crippen molar-refractivity contribution in [3.05, 3.63) is 58.1 Å². The van der Waals surface area contributed by atoms with Gasteiger partial charge in [0.1, 0.15) is 5.75 Å². The first kappa shape index (κ1) is 14.6. The van der Waals surface area contributed by atoms with Gasteiger partial charge < -0.3 is 4.74 Å². The highest BCUT2D eigenvalue weighted by atomic mass is 79.9. The van der Waals surface area contributed by atoms with Crippen LogP contribution in [-0.4, -0.2) is 12.8 Å². The molecule has 1 N–H and O–H groups in total. The van der Waals surface area contributed by atoms with Crippen LogP contribution in [0.5, 0.6) is 5.75 Å². The zero-order chi connectivity index (χ0) is 14.5. The molecule has 0 unspecified atom stereocenters. The molecular formula is C16H17BrN2O. The van der Waals surface area contributed by atoms with Gasteiger partial charge in [-0.05, 0) is 65.7 Å². The Labute approximate surface area is 127 Å². The molecule has 0 aliphatic rings. The first-order valence-corrected chi connectivity index (χ1v) is 7.10. The van der Waals surface area contributed by atoms with Crippen molar-refractivity contribution < 1.29 is 4.74 Å². The van der Waals surface area contributed by atoms with E-state index < -0.39 is 0 Å². The molecule has 0 aliphatic heterocycles. The van der Waals surface area contributed by atoms with E-state index in [1.54, 1.807) is 7.11 Å². The molecule has 0 fully saturated rings. The Bertz CT molecular complexity index is 621. The lowest BCUT2D eigenvalue weighted by Crippen LogP contribution is -2.00. The van der Waals surface area contributed by atoms with Crippen LogP contribution < -0.4 is 10.2 Å². The van der Waals surface area contributed by atoms with Crippen LogP contribution in [0.25, 0.3) is 0 Å². The van der Waals surface area contributed by atoms with Gasteiger partial charge in [-0.3, -0.25) is 5.43 Å². The minimum Gasteiger partial charge on any atom is -0.496 e. The van der Waals surface area contributed by atoms with Gasteiger partial charge in [0, 0.05) is 0 Å². The molecule has 0 atom stereocenters. The molecule has 2 rings (SSSR count). The number of hydrazone groups is 1. The molecule has 2 aromatic carbocycles. The molecular weight excluding hydrogens is 316 g/mol. The number of nitrogens with one attached hydrogen (secondary N) is 1. The van der Waals surface area contributed by atoms with E-state index in [9.17, 15) is 0 Å². The molecule has 0 heterocycles. The quantitative estimate of drug-likeness (QED) is 0.655. The maximum Gasteiger partial charge on any atom is 0.133 e. The Morgan fingerprint density at radius 3 is 2.45 bits per heavy atom. The van der Waals surface area contributed by atoms with Crippen molar-refractivity contribution >= 4 is 27.3 Å². The molecule has 0 radical (unpaired) electrons. The van der Waals surface area contributed by atoms with Crippen molar-refractivity contribution in [1.29, 1.82) is 0 Å². The van der Waals surface area contributed by atoms with Gasteiger partial charge in [-0.2, -0.15) is 5.10 Å². The van der Waals surface area contributed by atoms with Gasteiger partial charge in [0.2, 0.25) is 0 Å². The molecule has 0 spiro atoms. The first-order chi connectivity index (χ1) is 9.60. The van der Waals surface area contributed by atoms with Crippen LogP contribution >= 0.6 is 15.9 Å². The van der Waals surface area contributed by atoms with E-state index in [-0.39, 0.29) is 0 Å². The van der Waals surface area contributed by atoms with Crippen LogP contribution in [0.2, 0.25) is 0 Å². The minimum atomic E-state index is 0.813. The van der Waals surface area contributed by atoms with Gasteiger partial charge in [-0.1, -0.05) is 17.7 Å². The van der Waals surface area contributed by atoms with E-state index in [4.69, 9.17) is 4.74 Å². The predicted molar refractivity (Wildman–Crippen MR) is 87.7 cm³/mol. The monoisotopic (exact) mass is 332 g/mol. The lowest BCUT2D eigenvalue weighted by atomic mass is 10.1. The number of hydrogen-bond donors (Lipinski definition) is 1. The van der Waals surface area contributed by atoms with Crippen molar-refractivity contribution in [2.75, 3.05) is 12.5 Å². The summed E-state index contributed by atoms with van der Waals surface area (Å²) in [6, 6.07) is 14.0. The molecule has 0 saturated heterocycles. The van der Waals surface area contributed by atoms with Crippen molar-refractivity contribution in [3.8, 4) is 5.75 Å². The number of nitrogens with zero attached hydrogens (tertiary/aromatic N) is 1. The summed E-state index contributed by atoms with van der Waals surface area (Å²) in [6.45, 7) is 4.03. The average Bonchev–Trinajstić information content (AvgIpc) is 2.46. The molecule has 0 aromatic heterocycles. The summed E-state index contributed by atoms with van der Waals surface area (Å²) >= 11 is 3.48. The van der Waals surface area contributed by atoms with Gasteiger partial charge in [0.25, 0.3) is 0 Å². The lowest BCUT2D eigenvalue weighted by molar-refractivity contribution is 0.412. The van der Waals surface area contributed by atoms with Crippen molar-refractivity contribution in [3.63, 3.8) is 0 Å². The Morgan fingerprint density at radius 2 is 1.85 bits per heavy atom. The van der Waals surface area contributed by atoms with Crippen molar-refractivity contribution in [1.82, 2.24) is 0 Å². The maximum atomic E-state index is 5.22. The average molecular weight is 333 g/mol. The lowest BCUT2D eigenvalue weighted by Gasteiger charge is -2.07. The second kappa shape index (κ2) is 6.57. The predicted octanol–water partition coefficient (Wildman–Crippen LogP) is 4.60. The van der Waals surface area contributed by atoms with Gasteiger partial charge in [-0.15, -0.1) is 0 Å². The van der Waals surface area contributed by atoms with Crippen molar-refractivity contribution in [2.45, 2.75) is 13.8 Å². The number of aryl methyl sites for hydroxylation is 1. The molecule has 0 amide bonds. The molecule has 2 aromatic rings. The summed E-state index contributed by atoms with van der Waals surface area (Å²) in [6.07, 6.45) is 0. The van der Waals surface area contributed by atoms with Gasteiger partial charge in [-0.25, -0.2) is 0 Å². The standard InChI is InChI=1S/C16H17BrN2O/c1-11-4-7-14(8-5-11)19-18-12(2)13-6-9-16(20-3)15(17)10-13/h4-10,19H,1-3H3/b18-12-. The summed E-state index contributed by atoms with van der Waals surface area (Å²) in [5.41, 5.74) is 7.22. The number of rotatable bonds is 4. The molecule has 0 bridgehead atoms. The second-order valence-electron chi connectivity index (χ2n) is 4.52. The Morgan fingerprint density at radius 1 is 1.15 bits per heavy atom. The third kappa shape index (κ3) is 3.61. The number of halogens is 1. The Kier molecular flexibility index (Phi) is 4.79. The van der Waals surface area contributed by atoms with E-state index in [2.05, 4.69) is 45.5 Å². The fraction of sp³-hybridized carbons (Fsp3) is 0.188. The van der Waals surface area contributed by atoms with E-state index >= 15 is 0 Å². The molecule has 0 saturated carbocycles. The number of anilines is 1.